The molecule has 0 aliphatic rings. The van der Waals surface area contributed by atoms with Crippen LogP contribution in [0.5, 0.6) is 0 Å². The van der Waals surface area contributed by atoms with Crippen LogP contribution in [0.3, 0.4) is 0 Å². The Bertz CT molecular complexity index is 552. The highest BCUT2D eigenvalue weighted by Gasteiger charge is 2.12. The number of aryl methyl sites for hydroxylation is 4. The van der Waals surface area contributed by atoms with Crippen LogP contribution in [-0.4, -0.2) is 9.78 Å². The molecule has 2 aromatic heterocycles. The van der Waals surface area contributed by atoms with Gasteiger partial charge in [-0.25, -0.2) is 0 Å². The number of rotatable bonds is 5. The lowest BCUT2D eigenvalue weighted by molar-refractivity contribution is 0.625. The van der Waals surface area contributed by atoms with E-state index in [1.165, 1.54) is 21.0 Å². The fourth-order valence-electron chi connectivity index (χ4n) is 2.05. The highest BCUT2D eigenvalue weighted by molar-refractivity contribution is 9.10. The highest BCUT2D eigenvalue weighted by atomic mass is 79.9. The van der Waals surface area contributed by atoms with Gasteiger partial charge in [0.25, 0.3) is 0 Å². The van der Waals surface area contributed by atoms with E-state index in [1.54, 1.807) is 0 Å². The molecule has 1 N–H and O–H groups in total. The van der Waals surface area contributed by atoms with Crippen molar-refractivity contribution in [2.24, 2.45) is 7.05 Å². The van der Waals surface area contributed by atoms with Crippen molar-refractivity contribution in [1.29, 1.82) is 0 Å². The molecule has 2 heterocycles. The fourth-order valence-corrected chi connectivity index (χ4v) is 3.83. The second-order valence-corrected chi connectivity index (χ2v) is 6.87. The Balaban J connectivity index is 1.97. The monoisotopic (exact) mass is 341 g/mol. The average Bonchev–Trinajstić information content (AvgIpc) is 2.83. The Kier molecular flexibility index (Phi) is 4.81. The van der Waals surface area contributed by atoms with Gasteiger partial charge in [0, 0.05) is 29.9 Å². The molecule has 0 atom stereocenters. The third kappa shape index (κ3) is 3.27. The molecule has 0 saturated carbocycles. The van der Waals surface area contributed by atoms with Crippen LogP contribution in [0.25, 0.3) is 0 Å². The Morgan fingerprint density at radius 2 is 2.11 bits per heavy atom. The Morgan fingerprint density at radius 3 is 2.63 bits per heavy atom. The van der Waals surface area contributed by atoms with Gasteiger partial charge in [0.1, 0.15) is 0 Å². The van der Waals surface area contributed by atoms with E-state index in [-0.39, 0.29) is 0 Å². The number of thiophene rings is 1. The van der Waals surface area contributed by atoms with Gasteiger partial charge in [-0.15, -0.1) is 11.3 Å². The Labute approximate surface area is 127 Å². The molecule has 3 nitrogen and oxygen atoms in total. The van der Waals surface area contributed by atoms with Gasteiger partial charge >= 0.3 is 0 Å². The fraction of sp³-hybridized carbons (Fsp3) is 0.500. The normalized spacial score (nSPS) is 11.2. The predicted molar refractivity (Wildman–Crippen MR) is 84.6 cm³/mol. The summed E-state index contributed by atoms with van der Waals surface area (Å²) in [7, 11) is 2.00. The van der Waals surface area contributed by atoms with Crippen LogP contribution < -0.4 is 5.32 Å². The molecule has 19 heavy (non-hydrogen) atoms. The van der Waals surface area contributed by atoms with Gasteiger partial charge in [-0.05, 0) is 47.8 Å². The van der Waals surface area contributed by atoms with Gasteiger partial charge in [0.15, 0.2) is 0 Å². The smallest absolute Gasteiger partial charge is 0.0767 e. The van der Waals surface area contributed by atoms with E-state index in [0.29, 0.717) is 0 Å². The van der Waals surface area contributed by atoms with E-state index in [4.69, 9.17) is 0 Å². The molecule has 0 spiro atoms. The summed E-state index contributed by atoms with van der Waals surface area (Å²) in [5.41, 5.74) is 3.72. The molecule has 0 bridgehead atoms. The van der Waals surface area contributed by atoms with Crippen molar-refractivity contribution in [2.75, 3.05) is 0 Å². The standard InChI is InChI=1S/C14H20BrN3S/c1-5-12-14(15)13(18(4)17-12)8-16-7-11-6-9(2)10(3)19-11/h6,16H,5,7-8H2,1-4H3. The average molecular weight is 342 g/mol. The molecular weight excluding hydrogens is 322 g/mol. The van der Waals surface area contributed by atoms with Crippen LogP contribution in [-0.2, 0) is 26.6 Å². The Hall–Kier alpha value is -0.650. The number of nitrogens with one attached hydrogen (secondary N) is 1. The number of nitrogens with zero attached hydrogens (tertiary/aromatic N) is 2. The maximum Gasteiger partial charge on any atom is 0.0767 e. The third-order valence-electron chi connectivity index (χ3n) is 3.31. The number of aromatic nitrogens is 2. The summed E-state index contributed by atoms with van der Waals surface area (Å²) in [6, 6.07) is 2.27. The summed E-state index contributed by atoms with van der Waals surface area (Å²) < 4.78 is 3.10. The predicted octanol–water partition coefficient (Wildman–Crippen LogP) is 3.71. The Morgan fingerprint density at radius 1 is 1.37 bits per heavy atom. The molecule has 0 fully saturated rings. The van der Waals surface area contributed by atoms with Crippen molar-refractivity contribution in [2.45, 2.75) is 40.3 Å². The molecule has 0 aliphatic carbocycles. The zero-order valence-electron chi connectivity index (χ0n) is 11.9. The largest absolute Gasteiger partial charge is 0.306 e. The zero-order chi connectivity index (χ0) is 14.0. The van der Waals surface area contributed by atoms with Gasteiger partial charge in [-0.1, -0.05) is 6.92 Å². The van der Waals surface area contributed by atoms with Crippen LogP contribution in [0.15, 0.2) is 10.5 Å². The van der Waals surface area contributed by atoms with Gasteiger partial charge in [-0.2, -0.15) is 5.10 Å². The van der Waals surface area contributed by atoms with E-state index in [0.717, 1.165) is 29.7 Å². The van der Waals surface area contributed by atoms with E-state index in [9.17, 15) is 0 Å². The topological polar surface area (TPSA) is 29.9 Å². The first-order valence-corrected chi connectivity index (χ1v) is 8.10. The molecule has 0 amide bonds. The van der Waals surface area contributed by atoms with Gasteiger partial charge < -0.3 is 5.32 Å². The first-order valence-electron chi connectivity index (χ1n) is 6.49. The molecule has 0 aliphatic heterocycles. The van der Waals surface area contributed by atoms with Crippen LogP contribution in [0.4, 0.5) is 0 Å². The first kappa shape index (κ1) is 14.8. The van der Waals surface area contributed by atoms with Crippen LogP contribution in [0, 0.1) is 13.8 Å². The van der Waals surface area contributed by atoms with Crippen molar-refractivity contribution in [1.82, 2.24) is 15.1 Å². The molecule has 0 saturated heterocycles. The molecule has 0 aromatic carbocycles. The third-order valence-corrected chi connectivity index (χ3v) is 5.38. The van der Waals surface area contributed by atoms with Gasteiger partial charge in [0.05, 0.1) is 15.9 Å². The molecule has 0 radical (unpaired) electrons. The minimum Gasteiger partial charge on any atom is -0.306 e. The quantitative estimate of drug-likeness (QED) is 0.898. The van der Waals surface area contributed by atoms with Crippen molar-refractivity contribution in [3.63, 3.8) is 0 Å². The maximum atomic E-state index is 4.50. The van der Waals surface area contributed by atoms with Crippen LogP contribution in [0.1, 0.15) is 33.6 Å². The molecule has 2 aromatic rings. The lowest BCUT2D eigenvalue weighted by atomic mass is 10.3. The van der Waals surface area contributed by atoms with Gasteiger partial charge in [-0.3, -0.25) is 4.68 Å². The summed E-state index contributed by atoms with van der Waals surface area (Å²) in [4.78, 5) is 2.80. The SMILES string of the molecule is CCc1nn(C)c(CNCc2cc(C)c(C)s2)c1Br. The van der Waals surface area contributed by atoms with Crippen molar-refractivity contribution in [3.05, 3.63) is 37.2 Å². The van der Waals surface area contributed by atoms with Crippen molar-refractivity contribution < 1.29 is 0 Å². The highest BCUT2D eigenvalue weighted by Crippen LogP contribution is 2.22. The number of hydrogen-bond donors (Lipinski definition) is 1. The zero-order valence-corrected chi connectivity index (χ0v) is 14.3. The van der Waals surface area contributed by atoms with Crippen LogP contribution >= 0.6 is 27.3 Å². The molecule has 5 heteroatoms. The van der Waals surface area contributed by atoms with Crippen LogP contribution in [0.2, 0.25) is 0 Å². The lowest BCUT2D eigenvalue weighted by Crippen LogP contribution is -2.15. The van der Waals surface area contributed by atoms with E-state index < -0.39 is 0 Å². The molecule has 2 rings (SSSR count). The van der Waals surface area contributed by atoms with Gasteiger partial charge in [0.2, 0.25) is 0 Å². The summed E-state index contributed by atoms with van der Waals surface area (Å²) in [5, 5.41) is 8.00. The van der Waals surface area contributed by atoms with Crippen molar-refractivity contribution >= 4 is 27.3 Å². The summed E-state index contributed by atoms with van der Waals surface area (Å²) >= 11 is 5.51. The first-order chi connectivity index (χ1) is 9.02. The summed E-state index contributed by atoms with van der Waals surface area (Å²) in [6.45, 7) is 8.22. The maximum absolute atomic E-state index is 4.50. The van der Waals surface area contributed by atoms with Crippen molar-refractivity contribution in [3.8, 4) is 0 Å². The summed E-state index contributed by atoms with van der Waals surface area (Å²) in [6.07, 6.45) is 0.956. The minimum absolute atomic E-state index is 0.833. The number of halogens is 1. The second kappa shape index (κ2) is 6.20. The molecule has 104 valence electrons. The minimum atomic E-state index is 0.833. The lowest BCUT2D eigenvalue weighted by Gasteiger charge is -2.04. The molecule has 0 unspecified atom stereocenters. The van der Waals surface area contributed by atoms with E-state index >= 15 is 0 Å². The van der Waals surface area contributed by atoms with E-state index in [1.807, 2.05) is 23.1 Å². The molecular formula is C14H20BrN3S. The second-order valence-electron chi connectivity index (χ2n) is 4.74. The van der Waals surface area contributed by atoms with E-state index in [2.05, 4.69) is 53.2 Å². The number of hydrogen-bond acceptors (Lipinski definition) is 3. The summed E-state index contributed by atoms with van der Waals surface area (Å²) in [5.74, 6) is 0.